The maximum Gasteiger partial charge on any atom is 0.233 e. The fraction of sp³-hybridized carbons (Fsp3) is 0.727. The molecule has 1 fully saturated rings. The maximum atomic E-state index is 12.2. The molecule has 0 radical (unpaired) electrons. The zero-order valence-corrected chi connectivity index (χ0v) is 19.2. The van der Waals surface area contributed by atoms with Crippen LogP contribution in [-0.2, 0) is 19.6 Å². The first-order valence-electron chi connectivity index (χ1n) is 10.8. The molecule has 2 N–H and O–H groups in total. The van der Waals surface area contributed by atoms with E-state index in [9.17, 15) is 23.1 Å². The average Bonchev–Trinajstić information content (AvgIpc) is 3.01. The molecule has 0 aliphatic carbocycles. The van der Waals surface area contributed by atoms with Crippen LogP contribution in [0.5, 0.6) is 0 Å². The van der Waals surface area contributed by atoms with Crippen LogP contribution in [0.4, 0.5) is 0 Å². The van der Waals surface area contributed by atoms with Gasteiger partial charge in [0, 0.05) is 32.2 Å². The summed E-state index contributed by atoms with van der Waals surface area (Å²) in [5.74, 6) is 5.77. The Balaban J connectivity index is 2.35. The lowest BCUT2D eigenvalue weighted by atomic mass is 10.00. The molecule has 0 saturated carbocycles. The maximum absolute atomic E-state index is 12.2. The van der Waals surface area contributed by atoms with Gasteiger partial charge in [-0.05, 0) is 25.2 Å². The van der Waals surface area contributed by atoms with Crippen LogP contribution in [0.2, 0.25) is 0 Å². The van der Waals surface area contributed by atoms with E-state index in [2.05, 4.69) is 11.8 Å². The number of aliphatic hydroxyl groups is 1. The number of carbonyl (C=O) groups excluding carboxylic acids is 2. The number of hydrogen-bond acceptors (Lipinski definition) is 5. The summed E-state index contributed by atoms with van der Waals surface area (Å²) in [5, 5.41) is 10.3. The molecule has 8 heteroatoms. The standard InChI is InChI=1S/C22H36N2O5S/c1-4-5-8-11-18(2)20(25)15-13-19-14-16-22(27)24(19)17-10-7-6-9-12-21(26)23-30(3,28)29/h13,15,18-20,25H,4,6-7,9-12,14,16-17H2,1-3H3,(H,23,26)/b15-13+/t18?,19-,20?/m0/s1. The number of likely N-dealkylation sites (tertiary alicyclic amines) is 1. The van der Waals surface area contributed by atoms with E-state index in [0.29, 0.717) is 25.8 Å². The van der Waals surface area contributed by atoms with E-state index >= 15 is 0 Å². The largest absolute Gasteiger partial charge is 0.389 e. The topological polar surface area (TPSA) is 104 Å². The van der Waals surface area contributed by atoms with Crippen molar-refractivity contribution < 1.29 is 23.1 Å². The lowest BCUT2D eigenvalue weighted by Crippen LogP contribution is -2.33. The molecule has 30 heavy (non-hydrogen) atoms. The molecule has 1 heterocycles. The molecule has 1 aliphatic rings. The number of nitrogens with zero attached hydrogens (tertiary/aromatic N) is 1. The van der Waals surface area contributed by atoms with Gasteiger partial charge in [0.05, 0.1) is 18.4 Å². The number of carbonyl (C=O) groups is 2. The molecule has 0 spiro atoms. The molecule has 0 bridgehead atoms. The van der Waals surface area contributed by atoms with E-state index in [1.165, 1.54) is 0 Å². The second kappa shape index (κ2) is 13.5. The van der Waals surface area contributed by atoms with Crippen LogP contribution in [0.1, 0.15) is 71.6 Å². The van der Waals surface area contributed by atoms with Gasteiger partial charge in [-0.25, -0.2) is 8.42 Å². The molecule has 1 saturated heterocycles. The fourth-order valence-corrected chi connectivity index (χ4v) is 3.85. The highest BCUT2D eigenvalue weighted by molar-refractivity contribution is 7.89. The highest BCUT2D eigenvalue weighted by Gasteiger charge is 2.28. The molecule has 1 rings (SSSR count). The summed E-state index contributed by atoms with van der Waals surface area (Å²) in [6.45, 7) is 4.61. The molecule has 7 nitrogen and oxygen atoms in total. The summed E-state index contributed by atoms with van der Waals surface area (Å²) in [6.07, 6.45) is 10.1. The van der Waals surface area contributed by atoms with E-state index in [1.807, 2.05) is 29.5 Å². The van der Waals surface area contributed by atoms with E-state index in [-0.39, 0.29) is 24.3 Å². The zero-order valence-electron chi connectivity index (χ0n) is 18.4. The summed E-state index contributed by atoms with van der Waals surface area (Å²) >= 11 is 0. The molecular formula is C22H36N2O5S. The van der Waals surface area contributed by atoms with Gasteiger partial charge < -0.3 is 10.0 Å². The van der Waals surface area contributed by atoms with Crippen molar-refractivity contribution >= 4 is 21.8 Å². The van der Waals surface area contributed by atoms with Crippen molar-refractivity contribution in [1.82, 2.24) is 9.62 Å². The predicted octanol–water partition coefficient (Wildman–Crippen LogP) is 2.36. The Morgan fingerprint density at radius 3 is 2.67 bits per heavy atom. The number of aliphatic hydroxyl groups excluding tert-OH is 1. The van der Waals surface area contributed by atoms with Gasteiger partial charge in [0.2, 0.25) is 21.8 Å². The third-order valence-electron chi connectivity index (χ3n) is 5.07. The van der Waals surface area contributed by atoms with Gasteiger partial charge in [0.1, 0.15) is 0 Å². The molecule has 0 aromatic carbocycles. The monoisotopic (exact) mass is 440 g/mol. The Labute approximate surface area is 181 Å². The van der Waals surface area contributed by atoms with Crippen molar-refractivity contribution in [2.75, 3.05) is 12.8 Å². The van der Waals surface area contributed by atoms with Crippen LogP contribution in [0.3, 0.4) is 0 Å². The van der Waals surface area contributed by atoms with Crippen LogP contribution >= 0.6 is 0 Å². The van der Waals surface area contributed by atoms with Crippen LogP contribution < -0.4 is 4.72 Å². The third kappa shape index (κ3) is 10.8. The van der Waals surface area contributed by atoms with Gasteiger partial charge in [-0.3, -0.25) is 14.3 Å². The van der Waals surface area contributed by atoms with Crippen molar-refractivity contribution in [3.05, 3.63) is 12.2 Å². The van der Waals surface area contributed by atoms with E-state index in [1.54, 1.807) is 6.08 Å². The molecule has 1 aliphatic heterocycles. The van der Waals surface area contributed by atoms with Crippen molar-refractivity contribution in [3.8, 4) is 11.8 Å². The molecule has 0 aromatic heterocycles. The smallest absolute Gasteiger partial charge is 0.233 e. The van der Waals surface area contributed by atoms with Crippen molar-refractivity contribution in [3.63, 3.8) is 0 Å². The molecule has 0 aromatic rings. The van der Waals surface area contributed by atoms with Gasteiger partial charge in [-0.2, -0.15) is 0 Å². The summed E-state index contributed by atoms with van der Waals surface area (Å²) in [7, 11) is -3.49. The number of amides is 2. The highest BCUT2D eigenvalue weighted by Crippen LogP contribution is 2.22. The van der Waals surface area contributed by atoms with Gasteiger partial charge in [-0.1, -0.05) is 38.8 Å². The highest BCUT2D eigenvalue weighted by atomic mass is 32.2. The Bertz CT molecular complexity index is 751. The van der Waals surface area contributed by atoms with Gasteiger partial charge in [-0.15, -0.1) is 11.8 Å². The molecule has 2 amide bonds. The summed E-state index contributed by atoms with van der Waals surface area (Å²) in [4.78, 5) is 25.5. The number of sulfonamides is 1. The van der Waals surface area contributed by atoms with Crippen molar-refractivity contribution in [1.29, 1.82) is 0 Å². The first kappa shape index (κ1) is 26.2. The minimum Gasteiger partial charge on any atom is -0.389 e. The Kier molecular flexibility index (Phi) is 11.7. The van der Waals surface area contributed by atoms with Crippen LogP contribution in [0.15, 0.2) is 12.2 Å². The quantitative estimate of drug-likeness (QED) is 0.275. The summed E-state index contributed by atoms with van der Waals surface area (Å²) in [5.41, 5.74) is 0. The van der Waals surface area contributed by atoms with Crippen LogP contribution in [0, 0.1) is 17.8 Å². The first-order valence-corrected chi connectivity index (χ1v) is 12.7. The predicted molar refractivity (Wildman–Crippen MR) is 118 cm³/mol. The zero-order chi connectivity index (χ0) is 22.6. The van der Waals surface area contributed by atoms with Crippen LogP contribution in [-0.4, -0.2) is 55.2 Å². The number of unbranched alkanes of at least 4 members (excludes halogenated alkanes) is 3. The van der Waals surface area contributed by atoms with Gasteiger partial charge >= 0.3 is 0 Å². The number of nitrogens with one attached hydrogen (secondary N) is 1. The summed E-state index contributed by atoms with van der Waals surface area (Å²) < 4.78 is 23.9. The minimum atomic E-state index is -3.49. The minimum absolute atomic E-state index is 0.0154. The second-order valence-corrected chi connectivity index (χ2v) is 9.67. The summed E-state index contributed by atoms with van der Waals surface area (Å²) in [6, 6.07) is 0.0154. The van der Waals surface area contributed by atoms with Gasteiger partial charge in [0.15, 0.2) is 0 Å². The third-order valence-corrected chi connectivity index (χ3v) is 5.66. The molecular weight excluding hydrogens is 404 g/mol. The normalized spacial score (nSPS) is 18.9. The fourth-order valence-electron chi connectivity index (χ4n) is 3.34. The molecule has 170 valence electrons. The molecule has 2 unspecified atom stereocenters. The van der Waals surface area contributed by atoms with E-state index in [4.69, 9.17) is 0 Å². The van der Waals surface area contributed by atoms with Crippen molar-refractivity contribution in [2.24, 2.45) is 5.92 Å². The first-order chi connectivity index (χ1) is 14.1. The molecule has 3 atom stereocenters. The van der Waals surface area contributed by atoms with Gasteiger partial charge in [0.25, 0.3) is 0 Å². The van der Waals surface area contributed by atoms with E-state index < -0.39 is 22.0 Å². The lowest BCUT2D eigenvalue weighted by molar-refractivity contribution is -0.128. The average molecular weight is 441 g/mol. The van der Waals surface area contributed by atoms with E-state index in [0.717, 1.165) is 38.4 Å². The number of rotatable bonds is 12. The second-order valence-electron chi connectivity index (χ2n) is 7.92. The SMILES string of the molecule is CCC#CCC(C)C(O)/C=C/[C@H]1CCC(=O)N1CCCCCCC(=O)NS(C)(=O)=O. The Hall–Kier alpha value is -1.85. The van der Waals surface area contributed by atoms with Crippen molar-refractivity contribution in [2.45, 2.75) is 83.8 Å². The Morgan fingerprint density at radius 2 is 2.00 bits per heavy atom. The Morgan fingerprint density at radius 1 is 1.30 bits per heavy atom. The van der Waals surface area contributed by atoms with Crippen LogP contribution in [0.25, 0.3) is 0 Å². The number of hydrogen-bond donors (Lipinski definition) is 2. The lowest BCUT2D eigenvalue weighted by Gasteiger charge is -2.23.